The van der Waals surface area contributed by atoms with Gasteiger partial charge in [0.25, 0.3) is 0 Å². The summed E-state index contributed by atoms with van der Waals surface area (Å²) in [5.74, 6) is 1.53. The first-order valence-electron chi connectivity index (χ1n) is 6.82. The van der Waals surface area contributed by atoms with Gasteiger partial charge in [0.2, 0.25) is 0 Å². The van der Waals surface area contributed by atoms with Gasteiger partial charge in [-0.1, -0.05) is 18.6 Å². The summed E-state index contributed by atoms with van der Waals surface area (Å²) in [6.45, 7) is 1.14. The van der Waals surface area contributed by atoms with Crippen LogP contribution in [0.1, 0.15) is 43.7 Å². The lowest BCUT2D eigenvalue weighted by molar-refractivity contribution is 0.283. The molecule has 0 saturated heterocycles. The number of halogens is 1. The molecule has 3 rings (SSSR count). The Labute approximate surface area is 102 Å². The van der Waals surface area contributed by atoms with Crippen molar-refractivity contribution < 1.29 is 4.39 Å². The topological polar surface area (TPSA) is 12.0 Å². The zero-order chi connectivity index (χ0) is 11.7. The maximum atomic E-state index is 12.9. The molecule has 0 spiro atoms. The van der Waals surface area contributed by atoms with E-state index in [4.69, 9.17) is 0 Å². The van der Waals surface area contributed by atoms with Crippen LogP contribution < -0.4 is 5.32 Å². The highest BCUT2D eigenvalue weighted by molar-refractivity contribution is 5.22. The molecule has 0 radical (unpaired) electrons. The molecular formula is C15H20FN. The highest BCUT2D eigenvalue weighted by atomic mass is 19.1. The van der Waals surface area contributed by atoms with E-state index in [1.165, 1.54) is 37.7 Å². The predicted octanol–water partition coefficient (Wildman–Crippen LogP) is 3.67. The molecule has 0 heterocycles. The Kier molecular flexibility index (Phi) is 3.15. The van der Waals surface area contributed by atoms with Crippen molar-refractivity contribution in [3.05, 3.63) is 35.6 Å². The van der Waals surface area contributed by atoms with Gasteiger partial charge in [0.05, 0.1) is 0 Å². The first-order chi connectivity index (χ1) is 8.33. The van der Waals surface area contributed by atoms with Crippen molar-refractivity contribution in [3.63, 3.8) is 0 Å². The molecule has 92 valence electrons. The number of rotatable bonds is 5. The monoisotopic (exact) mass is 233 g/mol. The fraction of sp³-hybridized carbons (Fsp3) is 0.600. The lowest BCUT2D eigenvalue weighted by Crippen LogP contribution is -2.31. The Morgan fingerprint density at radius 2 is 1.82 bits per heavy atom. The Balaban J connectivity index is 1.64. The van der Waals surface area contributed by atoms with E-state index in [1.54, 1.807) is 12.1 Å². The van der Waals surface area contributed by atoms with Crippen molar-refractivity contribution in [2.75, 3.05) is 6.54 Å². The maximum absolute atomic E-state index is 12.9. The lowest BCUT2D eigenvalue weighted by Gasteiger charge is -2.28. The molecule has 2 fully saturated rings. The number of benzene rings is 1. The van der Waals surface area contributed by atoms with Crippen molar-refractivity contribution in [1.29, 1.82) is 0 Å². The van der Waals surface area contributed by atoms with Gasteiger partial charge in [-0.15, -0.1) is 0 Å². The van der Waals surface area contributed by atoms with Crippen LogP contribution in [-0.4, -0.2) is 6.54 Å². The molecule has 1 unspecified atom stereocenters. The van der Waals surface area contributed by atoms with E-state index in [0.29, 0.717) is 6.04 Å². The van der Waals surface area contributed by atoms with Gasteiger partial charge in [-0.2, -0.15) is 0 Å². The standard InChI is InChI=1S/C15H20FN/c16-14-8-6-13(7-9-14)15(12-4-5-12)17-10-11-2-1-3-11/h6-9,11-12,15,17H,1-5,10H2. The first kappa shape index (κ1) is 11.2. The fourth-order valence-corrected chi connectivity index (χ4v) is 2.65. The average Bonchev–Trinajstić information content (AvgIpc) is 3.07. The van der Waals surface area contributed by atoms with Crippen molar-refractivity contribution >= 4 is 0 Å². The molecule has 1 aromatic carbocycles. The van der Waals surface area contributed by atoms with Crippen LogP contribution in [0.3, 0.4) is 0 Å². The van der Waals surface area contributed by atoms with Crippen molar-refractivity contribution in [2.24, 2.45) is 11.8 Å². The third-order valence-electron chi connectivity index (χ3n) is 4.17. The second-order valence-corrected chi connectivity index (χ2v) is 5.57. The van der Waals surface area contributed by atoms with Crippen LogP contribution in [0.2, 0.25) is 0 Å². The Morgan fingerprint density at radius 1 is 1.12 bits per heavy atom. The van der Waals surface area contributed by atoms with Crippen molar-refractivity contribution in [2.45, 2.75) is 38.1 Å². The van der Waals surface area contributed by atoms with Gasteiger partial charge in [0.1, 0.15) is 5.82 Å². The maximum Gasteiger partial charge on any atom is 0.123 e. The van der Waals surface area contributed by atoms with Crippen LogP contribution >= 0.6 is 0 Å². The summed E-state index contributed by atoms with van der Waals surface area (Å²) in [5, 5.41) is 3.70. The molecule has 1 N–H and O–H groups in total. The van der Waals surface area contributed by atoms with Gasteiger partial charge in [-0.3, -0.25) is 0 Å². The molecule has 2 saturated carbocycles. The second kappa shape index (κ2) is 4.77. The van der Waals surface area contributed by atoms with Gasteiger partial charge in [0.15, 0.2) is 0 Å². The quantitative estimate of drug-likeness (QED) is 0.818. The molecule has 0 aromatic heterocycles. The molecule has 0 aliphatic heterocycles. The predicted molar refractivity (Wildman–Crippen MR) is 67.2 cm³/mol. The normalized spacial score (nSPS) is 22.2. The third-order valence-corrected chi connectivity index (χ3v) is 4.17. The second-order valence-electron chi connectivity index (χ2n) is 5.57. The van der Waals surface area contributed by atoms with E-state index >= 15 is 0 Å². The summed E-state index contributed by atoms with van der Waals surface area (Å²) in [7, 11) is 0. The minimum Gasteiger partial charge on any atom is -0.309 e. The molecule has 0 bridgehead atoms. The lowest BCUT2D eigenvalue weighted by atomic mass is 9.85. The van der Waals surface area contributed by atoms with Gasteiger partial charge in [-0.25, -0.2) is 4.39 Å². The summed E-state index contributed by atoms with van der Waals surface area (Å²) in [4.78, 5) is 0. The highest BCUT2D eigenvalue weighted by Crippen LogP contribution is 2.41. The van der Waals surface area contributed by atoms with E-state index in [1.807, 2.05) is 12.1 Å². The zero-order valence-corrected chi connectivity index (χ0v) is 10.2. The smallest absolute Gasteiger partial charge is 0.123 e. The first-order valence-corrected chi connectivity index (χ1v) is 6.82. The third kappa shape index (κ3) is 2.68. The van der Waals surface area contributed by atoms with Crippen LogP contribution in [0, 0.1) is 17.7 Å². The molecular weight excluding hydrogens is 213 g/mol. The Bertz CT molecular complexity index is 365. The molecule has 1 nitrogen and oxygen atoms in total. The Morgan fingerprint density at radius 3 is 2.35 bits per heavy atom. The van der Waals surface area contributed by atoms with Crippen LogP contribution in [-0.2, 0) is 0 Å². The van der Waals surface area contributed by atoms with Crippen LogP contribution in [0.4, 0.5) is 4.39 Å². The molecule has 1 aromatic rings. The summed E-state index contributed by atoms with van der Waals surface area (Å²) in [6.07, 6.45) is 6.80. The van der Waals surface area contributed by atoms with E-state index < -0.39 is 0 Å². The SMILES string of the molecule is Fc1ccc(C(NCC2CCC2)C2CC2)cc1. The Hall–Kier alpha value is -0.890. The highest BCUT2D eigenvalue weighted by Gasteiger charge is 2.32. The molecule has 1 atom stereocenters. The van der Waals surface area contributed by atoms with Gasteiger partial charge in [0, 0.05) is 6.04 Å². The number of hydrogen-bond donors (Lipinski definition) is 1. The van der Waals surface area contributed by atoms with Crippen molar-refractivity contribution in [1.82, 2.24) is 5.32 Å². The summed E-state index contributed by atoms with van der Waals surface area (Å²) >= 11 is 0. The van der Waals surface area contributed by atoms with Crippen LogP contribution in [0.25, 0.3) is 0 Å². The van der Waals surface area contributed by atoms with Gasteiger partial charge in [-0.05, 0) is 61.8 Å². The summed E-state index contributed by atoms with van der Waals surface area (Å²) in [5.41, 5.74) is 1.26. The number of nitrogens with one attached hydrogen (secondary N) is 1. The molecule has 2 heteroatoms. The molecule has 0 amide bonds. The van der Waals surface area contributed by atoms with Crippen LogP contribution in [0.5, 0.6) is 0 Å². The molecule has 2 aliphatic rings. The summed E-state index contributed by atoms with van der Waals surface area (Å²) in [6, 6.07) is 7.49. The van der Waals surface area contributed by atoms with Gasteiger partial charge >= 0.3 is 0 Å². The van der Waals surface area contributed by atoms with E-state index in [9.17, 15) is 4.39 Å². The van der Waals surface area contributed by atoms with Crippen LogP contribution in [0.15, 0.2) is 24.3 Å². The summed E-state index contributed by atoms with van der Waals surface area (Å²) < 4.78 is 12.9. The largest absolute Gasteiger partial charge is 0.309 e. The minimum atomic E-state index is -0.137. The van der Waals surface area contributed by atoms with E-state index in [0.717, 1.165) is 18.4 Å². The van der Waals surface area contributed by atoms with Gasteiger partial charge < -0.3 is 5.32 Å². The molecule has 2 aliphatic carbocycles. The number of hydrogen-bond acceptors (Lipinski definition) is 1. The fourth-order valence-electron chi connectivity index (χ4n) is 2.65. The molecule has 17 heavy (non-hydrogen) atoms. The zero-order valence-electron chi connectivity index (χ0n) is 10.2. The van der Waals surface area contributed by atoms with E-state index in [2.05, 4.69) is 5.32 Å². The van der Waals surface area contributed by atoms with E-state index in [-0.39, 0.29) is 5.82 Å². The average molecular weight is 233 g/mol. The van der Waals surface area contributed by atoms with Crippen molar-refractivity contribution in [3.8, 4) is 0 Å². The minimum absolute atomic E-state index is 0.137.